The maximum atomic E-state index is 11.3. The van der Waals surface area contributed by atoms with Crippen LogP contribution in [-0.2, 0) is 9.47 Å². The number of Topliss-reactive ketones (excluding diaryl/α,β-unsaturated/α-hetero) is 1. The van der Waals surface area contributed by atoms with E-state index in [2.05, 4.69) is 14.6 Å². The van der Waals surface area contributed by atoms with Gasteiger partial charge >= 0.3 is 11.9 Å². The summed E-state index contributed by atoms with van der Waals surface area (Å²) < 4.78 is 19.3. The van der Waals surface area contributed by atoms with Gasteiger partial charge in [-0.25, -0.2) is 9.59 Å². The van der Waals surface area contributed by atoms with Gasteiger partial charge in [-0.1, -0.05) is 5.16 Å². The third-order valence-corrected chi connectivity index (χ3v) is 4.16. The van der Waals surface area contributed by atoms with Gasteiger partial charge in [0.1, 0.15) is 11.5 Å². The first-order valence-electron chi connectivity index (χ1n) is 8.96. The van der Waals surface area contributed by atoms with Crippen LogP contribution < -0.4 is 9.47 Å². The van der Waals surface area contributed by atoms with Gasteiger partial charge < -0.3 is 24.2 Å². The molecule has 0 saturated heterocycles. The molecule has 0 heterocycles. The molecule has 1 N–H and O–H groups in total. The Morgan fingerprint density at radius 2 is 1.16 bits per heavy atom. The van der Waals surface area contributed by atoms with Crippen molar-refractivity contribution in [2.24, 2.45) is 5.16 Å². The zero-order chi connectivity index (χ0) is 23.6. The number of hydrogen-bond acceptors (Lipinski definition) is 9. The van der Waals surface area contributed by atoms with Gasteiger partial charge in [-0.3, -0.25) is 4.79 Å². The van der Waals surface area contributed by atoms with Gasteiger partial charge in [0, 0.05) is 5.56 Å². The molecule has 0 unspecified atom stereocenters. The molecule has 0 saturated carbocycles. The number of esters is 2. The van der Waals surface area contributed by atoms with E-state index in [9.17, 15) is 14.4 Å². The number of carbonyl (C=O) groups excluding carboxylic acids is 3. The summed E-state index contributed by atoms with van der Waals surface area (Å²) >= 11 is 0. The van der Waals surface area contributed by atoms with Crippen LogP contribution in [0.25, 0.3) is 0 Å². The number of rotatable bonds is 6. The van der Waals surface area contributed by atoms with Gasteiger partial charge in [-0.2, -0.15) is 0 Å². The van der Waals surface area contributed by atoms with Crippen molar-refractivity contribution < 1.29 is 38.5 Å². The summed E-state index contributed by atoms with van der Waals surface area (Å²) in [7, 11) is 5.53. The zero-order valence-corrected chi connectivity index (χ0v) is 18.2. The first kappa shape index (κ1) is 25.2. The van der Waals surface area contributed by atoms with E-state index in [1.54, 1.807) is 25.1 Å². The molecule has 2 aromatic rings. The second-order valence-corrected chi connectivity index (χ2v) is 6.05. The van der Waals surface area contributed by atoms with Crippen molar-refractivity contribution in [3.63, 3.8) is 0 Å². The molecule has 2 rings (SSSR count). The molecule has 2 aromatic carbocycles. The average molecular weight is 431 g/mol. The van der Waals surface area contributed by atoms with Gasteiger partial charge in [-0.15, -0.1) is 0 Å². The van der Waals surface area contributed by atoms with Crippen LogP contribution in [-0.4, -0.2) is 57.1 Å². The largest absolute Gasteiger partial charge is 0.496 e. The molecule has 0 aliphatic rings. The quantitative estimate of drug-likeness (QED) is 0.243. The van der Waals surface area contributed by atoms with Crippen molar-refractivity contribution in [3.8, 4) is 11.5 Å². The van der Waals surface area contributed by atoms with E-state index in [0.717, 1.165) is 0 Å². The second kappa shape index (κ2) is 12.0. The molecular weight excluding hydrogens is 406 g/mol. The third-order valence-electron chi connectivity index (χ3n) is 4.16. The molecule has 0 aromatic heterocycles. The van der Waals surface area contributed by atoms with Crippen LogP contribution in [0.5, 0.6) is 11.5 Å². The van der Waals surface area contributed by atoms with Crippen LogP contribution in [0.4, 0.5) is 0 Å². The van der Waals surface area contributed by atoms with Crippen LogP contribution in [0.15, 0.2) is 41.6 Å². The van der Waals surface area contributed by atoms with E-state index in [-0.39, 0.29) is 5.78 Å². The molecule has 31 heavy (non-hydrogen) atoms. The number of benzene rings is 2. The highest BCUT2D eigenvalue weighted by molar-refractivity contribution is 6.02. The molecule has 0 radical (unpaired) electrons. The van der Waals surface area contributed by atoms with E-state index in [4.69, 9.17) is 14.7 Å². The summed E-state index contributed by atoms with van der Waals surface area (Å²) in [5, 5.41) is 11.8. The van der Waals surface area contributed by atoms with Crippen LogP contribution in [0, 0.1) is 0 Å². The van der Waals surface area contributed by atoms with Crippen LogP contribution >= 0.6 is 0 Å². The molecule has 166 valence electrons. The van der Waals surface area contributed by atoms with Gasteiger partial charge in [0.25, 0.3) is 0 Å². The Balaban J connectivity index is 0.000000311. The minimum Gasteiger partial charge on any atom is -0.496 e. The number of hydrogen-bond donors (Lipinski definition) is 1. The predicted molar refractivity (Wildman–Crippen MR) is 113 cm³/mol. The number of nitrogens with zero attached hydrogens (tertiary/aromatic N) is 1. The molecule has 9 heteroatoms. The Morgan fingerprint density at radius 3 is 1.52 bits per heavy atom. The fraction of sp³-hybridized carbons (Fsp3) is 0.273. The van der Waals surface area contributed by atoms with Crippen LogP contribution in [0.2, 0.25) is 0 Å². The second-order valence-electron chi connectivity index (χ2n) is 6.05. The summed E-state index contributed by atoms with van der Waals surface area (Å²) in [6, 6.07) is 9.33. The average Bonchev–Trinajstić information content (AvgIpc) is 2.81. The lowest BCUT2D eigenvalue weighted by Crippen LogP contribution is -2.05. The van der Waals surface area contributed by atoms with Crippen molar-refractivity contribution in [1.82, 2.24) is 0 Å². The Bertz CT molecular complexity index is 981. The highest BCUT2D eigenvalue weighted by Crippen LogP contribution is 2.22. The molecule has 0 atom stereocenters. The molecule has 0 fully saturated rings. The minimum absolute atomic E-state index is 0.108. The zero-order valence-electron chi connectivity index (χ0n) is 18.2. The summed E-state index contributed by atoms with van der Waals surface area (Å²) in [4.78, 5) is 33.7. The highest BCUT2D eigenvalue weighted by Gasteiger charge is 2.13. The van der Waals surface area contributed by atoms with E-state index in [0.29, 0.717) is 39.5 Å². The molecule has 0 aliphatic carbocycles. The van der Waals surface area contributed by atoms with Crippen LogP contribution in [0.3, 0.4) is 0 Å². The normalized spacial score (nSPS) is 10.3. The topological polar surface area (TPSA) is 121 Å². The van der Waals surface area contributed by atoms with Gasteiger partial charge in [0.2, 0.25) is 0 Å². The lowest BCUT2D eigenvalue weighted by atomic mass is 10.1. The summed E-state index contributed by atoms with van der Waals surface area (Å²) in [6.07, 6.45) is 0. The monoisotopic (exact) mass is 431 g/mol. The fourth-order valence-electron chi connectivity index (χ4n) is 2.52. The lowest BCUT2D eigenvalue weighted by molar-refractivity contribution is 0.0591. The van der Waals surface area contributed by atoms with Crippen LogP contribution in [0.1, 0.15) is 50.5 Å². The maximum Gasteiger partial charge on any atom is 0.337 e. The Labute approximate surface area is 180 Å². The fourth-order valence-corrected chi connectivity index (χ4v) is 2.52. The molecule has 0 spiro atoms. The summed E-state index contributed by atoms with van der Waals surface area (Å²) in [5.41, 5.74) is 2.23. The molecule has 0 aliphatic heterocycles. The summed E-state index contributed by atoms with van der Waals surface area (Å²) in [6.45, 7) is 3.07. The number of ketones is 1. The van der Waals surface area contributed by atoms with E-state index >= 15 is 0 Å². The first-order chi connectivity index (χ1) is 14.7. The van der Waals surface area contributed by atoms with E-state index in [1.807, 2.05) is 0 Å². The van der Waals surface area contributed by atoms with E-state index < -0.39 is 11.9 Å². The van der Waals surface area contributed by atoms with Gasteiger partial charge in [-0.05, 0) is 50.2 Å². The Hall–Kier alpha value is -3.88. The number of carbonyl (C=O) groups is 3. The first-order valence-corrected chi connectivity index (χ1v) is 8.96. The smallest absolute Gasteiger partial charge is 0.337 e. The van der Waals surface area contributed by atoms with Gasteiger partial charge in [0.05, 0.1) is 50.8 Å². The van der Waals surface area contributed by atoms with Crippen molar-refractivity contribution in [3.05, 3.63) is 58.7 Å². The molecule has 9 nitrogen and oxygen atoms in total. The van der Waals surface area contributed by atoms with Crippen molar-refractivity contribution in [1.29, 1.82) is 0 Å². The predicted octanol–water partition coefficient (Wildman–Crippen LogP) is 3.36. The van der Waals surface area contributed by atoms with Crippen molar-refractivity contribution >= 4 is 23.4 Å². The van der Waals surface area contributed by atoms with Crippen molar-refractivity contribution in [2.75, 3.05) is 28.4 Å². The number of methoxy groups -OCH3 is 4. The standard InChI is InChI=1S/C11H13NO4.C11H12O4/c1-7(12-14)9-5-4-8(11(13)16-3)6-10(9)15-2;1-7(12)9-5-4-8(11(13)15-3)6-10(9)14-2/h4-6,14H,1-3H3;4-6H,1-3H3. The Kier molecular flexibility index (Phi) is 9.71. The molecule has 0 amide bonds. The number of oxime groups is 1. The number of ether oxygens (including phenoxy) is 4. The van der Waals surface area contributed by atoms with E-state index in [1.165, 1.54) is 53.6 Å². The van der Waals surface area contributed by atoms with Crippen molar-refractivity contribution in [2.45, 2.75) is 13.8 Å². The third kappa shape index (κ3) is 6.56. The minimum atomic E-state index is -0.455. The lowest BCUT2D eigenvalue weighted by Gasteiger charge is -2.08. The summed E-state index contributed by atoms with van der Waals surface area (Å²) in [5.74, 6) is -0.168. The van der Waals surface area contributed by atoms with Gasteiger partial charge in [0.15, 0.2) is 5.78 Å². The Morgan fingerprint density at radius 1 is 0.742 bits per heavy atom. The highest BCUT2D eigenvalue weighted by atomic mass is 16.5. The SMILES string of the molecule is COC(=O)c1ccc(C(C)=NO)c(OC)c1.COC(=O)c1ccc(C(C)=O)c(OC)c1. The molecule has 0 bridgehead atoms. The molecular formula is C22H25NO8. The maximum absolute atomic E-state index is 11.3.